The highest BCUT2D eigenvalue weighted by Crippen LogP contribution is 2.19. The average Bonchev–Trinajstić information content (AvgIpc) is 2.26. The minimum absolute atomic E-state index is 0.198. The number of halogens is 3. The number of rotatable bonds is 6. The largest absolute Gasteiger partial charge is 0.479 e. The summed E-state index contributed by atoms with van der Waals surface area (Å²) in [5.74, 6) is -6.08. The van der Waals surface area contributed by atoms with E-state index in [4.69, 9.17) is 10.2 Å². The van der Waals surface area contributed by atoms with Crippen molar-refractivity contribution in [3.8, 4) is 0 Å². The lowest BCUT2D eigenvalue weighted by atomic mass is 10.3. The number of benzene rings is 1. The fourth-order valence-electron chi connectivity index (χ4n) is 1.31. The fraction of sp³-hybridized carbons (Fsp3) is 0.300. The molecule has 1 aromatic carbocycles. The highest BCUT2D eigenvalue weighted by molar-refractivity contribution is 7.89. The molecule has 0 radical (unpaired) electrons. The van der Waals surface area contributed by atoms with Crippen LogP contribution in [0.25, 0.3) is 0 Å². The molecule has 0 aliphatic rings. The minimum atomic E-state index is -4.63. The Labute approximate surface area is 111 Å². The van der Waals surface area contributed by atoms with Crippen LogP contribution in [0, 0.1) is 17.5 Å². The van der Waals surface area contributed by atoms with Crippen molar-refractivity contribution in [3.63, 3.8) is 0 Å². The SMILES string of the molecule is O=C(O)[C@@H](O)CCNS(=O)(=O)c1c(F)cc(F)cc1F. The summed E-state index contributed by atoms with van der Waals surface area (Å²) in [6.07, 6.45) is -2.32. The maximum atomic E-state index is 13.3. The molecule has 0 saturated carbocycles. The van der Waals surface area contributed by atoms with Gasteiger partial charge in [0.15, 0.2) is 11.0 Å². The van der Waals surface area contributed by atoms with Crippen molar-refractivity contribution >= 4 is 16.0 Å². The molecule has 0 fully saturated rings. The minimum Gasteiger partial charge on any atom is -0.479 e. The highest BCUT2D eigenvalue weighted by Gasteiger charge is 2.25. The molecule has 1 aromatic rings. The molecule has 3 N–H and O–H groups in total. The Morgan fingerprint density at radius 2 is 1.75 bits per heavy atom. The predicted octanol–water partition coefficient (Wildman–Crippen LogP) is 0.218. The first-order valence-electron chi connectivity index (χ1n) is 5.20. The van der Waals surface area contributed by atoms with Crippen molar-refractivity contribution in [3.05, 3.63) is 29.6 Å². The summed E-state index contributed by atoms with van der Waals surface area (Å²) in [5.41, 5.74) is 0. The van der Waals surface area contributed by atoms with Gasteiger partial charge in [-0.15, -0.1) is 0 Å². The average molecular weight is 313 g/mol. The second kappa shape index (κ2) is 6.20. The van der Waals surface area contributed by atoms with Crippen LogP contribution in [0.5, 0.6) is 0 Å². The van der Waals surface area contributed by atoms with Crippen molar-refractivity contribution in [1.29, 1.82) is 0 Å². The zero-order valence-corrected chi connectivity index (χ0v) is 10.6. The van der Waals surface area contributed by atoms with Gasteiger partial charge in [-0.25, -0.2) is 31.1 Å². The molecule has 20 heavy (non-hydrogen) atoms. The smallest absolute Gasteiger partial charge is 0.332 e. The van der Waals surface area contributed by atoms with Crippen molar-refractivity contribution < 1.29 is 36.6 Å². The van der Waals surface area contributed by atoms with Gasteiger partial charge in [0.1, 0.15) is 17.5 Å². The van der Waals surface area contributed by atoms with Crippen LogP contribution in [0.4, 0.5) is 13.2 Å². The van der Waals surface area contributed by atoms with E-state index in [1.165, 1.54) is 0 Å². The van der Waals surface area contributed by atoms with E-state index in [9.17, 15) is 26.4 Å². The summed E-state index contributed by atoms with van der Waals surface area (Å²) in [7, 11) is -4.63. The Hall–Kier alpha value is -1.65. The van der Waals surface area contributed by atoms with Gasteiger partial charge in [0, 0.05) is 18.7 Å². The van der Waals surface area contributed by atoms with Gasteiger partial charge in [-0.05, 0) is 6.42 Å². The van der Waals surface area contributed by atoms with E-state index < -0.39 is 57.4 Å². The van der Waals surface area contributed by atoms with Crippen LogP contribution >= 0.6 is 0 Å². The lowest BCUT2D eigenvalue weighted by molar-refractivity contribution is -0.146. The molecule has 0 aliphatic carbocycles. The number of aliphatic carboxylic acids is 1. The van der Waals surface area contributed by atoms with E-state index in [1.807, 2.05) is 0 Å². The van der Waals surface area contributed by atoms with Crippen LogP contribution in [0.3, 0.4) is 0 Å². The van der Waals surface area contributed by atoms with Crippen molar-refractivity contribution in [2.75, 3.05) is 6.54 Å². The van der Waals surface area contributed by atoms with E-state index in [1.54, 1.807) is 4.72 Å². The van der Waals surface area contributed by atoms with Gasteiger partial charge in [-0.3, -0.25) is 0 Å². The number of carbonyl (C=O) groups is 1. The topological polar surface area (TPSA) is 104 Å². The first-order valence-corrected chi connectivity index (χ1v) is 6.68. The van der Waals surface area contributed by atoms with Gasteiger partial charge in [-0.2, -0.15) is 0 Å². The molecule has 0 unspecified atom stereocenters. The van der Waals surface area contributed by atoms with Gasteiger partial charge in [0.25, 0.3) is 0 Å². The summed E-state index contributed by atoms with van der Waals surface area (Å²) < 4.78 is 64.1. The Morgan fingerprint density at radius 3 is 2.20 bits per heavy atom. The van der Waals surface area contributed by atoms with Crippen LogP contribution in [0.15, 0.2) is 17.0 Å². The molecule has 0 aromatic heterocycles. The molecule has 6 nitrogen and oxygen atoms in total. The Bertz CT molecular complexity index is 596. The van der Waals surface area contributed by atoms with Gasteiger partial charge >= 0.3 is 5.97 Å². The van der Waals surface area contributed by atoms with Crippen LogP contribution in [-0.2, 0) is 14.8 Å². The van der Waals surface area contributed by atoms with Crippen molar-refractivity contribution in [2.45, 2.75) is 17.4 Å². The molecule has 1 atom stereocenters. The van der Waals surface area contributed by atoms with E-state index in [2.05, 4.69) is 0 Å². The standard InChI is InChI=1S/C10H10F3NO5S/c11-5-3-6(12)9(7(13)4-5)20(18,19)14-2-1-8(15)10(16)17/h3-4,8,14-15H,1-2H2,(H,16,17)/t8-/m0/s1. The fourth-order valence-corrected chi connectivity index (χ4v) is 2.47. The maximum Gasteiger partial charge on any atom is 0.332 e. The van der Waals surface area contributed by atoms with E-state index in [0.29, 0.717) is 0 Å². The molecular formula is C10H10F3NO5S. The van der Waals surface area contributed by atoms with Gasteiger partial charge in [0.2, 0.25) is 10.0 Å². The summed E-state index contributed by atoms with van der Waals surface area (Å²) in [4.78, 5) is 8.91. The van der Waals surface area contributed by atoms with Crippen LogP contribution in [0.2, 0.25) is 0 Å². The second-order valence-electron chi connectivity index (χ2n) is 3.74. The van der Waals surface area contributed by atoms with E-state index >= 15 is 0 Å². The molecule has 10 heteroatoms. The van der Waals surface area contributed by atoms with Crippen LogP contribution in [0.1, 0.15) is 6.42 Å². The van der Waals surface area contributed by atoms with E-state index in [-0.39, 0.29) is 12.1 Å². The number of hydrogen-bond acceptors (Lipinski definition) is 4. The third kappa shape index (κ3) is 3.92. The van der Waals surface area contributed by atoms with Crippen LogP contribution in [-0.4, -0.2) is 37.2 Å². The first kappa shape index (κ1) is 16.4. The summed E-state index contributed by atoms with van der Waals surface area (Å²) in [6, 6.07) is 0.396. The molecule has 0 bridgehead atoms. The lowest BCUT2D eigenvalue weighted by Crippen LogP contribution is -2.31. The molecule has 112 valence electrons. The zero-order valence-electron chi connectivity index (χ0n) is 9.81. The Morgan fingerprint density at radius 1 is 1.25 bits per heavy atom. The Balaban J connectivity index is 2.88. The van der Waals surface area contributed by atoms with Gasteiger partial charge in [-0.1, -0.05) is 0 Å². The molecule has 1 rings (SSSR count). The molecule has 0 amide bonds. The lowest BCUT2D eigenvalue weighted by Gasteiger charge is -2.10. The first-order chi connectivity index (χ1) is 9.15. The highest BCUT2D eigenvalue weighted by atomic mass is 32.2. The summed E-state index contributed by atoms with van der Waals surface area (Å²) >= 11 is 0. The monoisotopic (exact) mass is 313 g/mol. The number of hydrogen-bond donors (Lipinski definition) is 3. The van der Waals surface area contributed by atoms with Crippen molar-refractivity contribution in [2.24, 2.45) is 0 Å². The molecule has 0 saturated heterocycles. The normalized spacial score (nSPS) is 13.2. The van der Waals surface area contributed by atoms with Gasteiger partial charge in [0.05, 0.1) is 0 Å². The number of sulfonamides is 1. The number of nitrogens with one attached hydrogen (secondary N) is 1. The van der Waals surface area contributed by atoms with Crippen molar-refractivity contribution in [1.82, 2.24) is 4.72 Å². The predicted molar refractivity (Wildman–Crippen MR) is 59.8 cm³/mol. The number of aliphatic hydroxyl groups is 1. The van der Waals surface area contributed by atoms with Gasteiger partial charge < -0.3 is 10.2 Å². The second-order valence-corrected chi connectivity index (χ2v) is 5.44. The quantitative estimate of drug-likeness (QED) is 0.697. The number of aliphatic hydroxyl groups excluding tert-OH is 1. The Kier molecular flexibility index (Phi) is 5.09. The van der Waals surface area contributed by atoms with Crippen LogP contribution < -0.4 is 4.72 Å². The maximum absolute atomic E-state index is 13.3. The zero-order chi connectivity index (χ0) is 15.5. The number of carboxylic acid groups (broad SMARTS) is 1. The summed E-state index contributed by atoms with van der Waals surface area (Å²) in [5, 5.41) is 17.3. The third-order valence-electron chi connectivity index (χ3n) is 2.23. The molecule has 0 aliphatic heterocycles. The third-order valence-corrected chi connectivity index (χ3v) is 3.74. The summed E-state index contributed by atoms with van der Waals surface area (Å²) in [6.45, 7) is -0.563. The van der Waals surface area contributed by atoms with E-state index in [0.717, 1.165) is 0 Å². The number of carboxylic acids is 1. The molecule has 0 heterocycles. The molecular weight excluding hydrogens is 303 g/mol. The molecule has 0 spiro atoms.